The Morgan fingerprint density at radius 3 is 2.36 bits per heavy atom. The number of nitrogens with two attached hydrogens (primary N) is 1. The monoisotopic (exact) mass is 253 g/mol. The highest BCUT2D eigenvalue weighted by Crippen LogP contribution is 2.33. The van der Waals surface area contributed by atoms with Crippen LogP contribution in [0.3, 0.4) is 0 Å². The van der Waals surface area contributed by atoms with Gasteiger partial charge in [-0.3, -0.25) is 0 Å². The summed E-state index contributed by atoms with van der Waals surface area (Å²) in [6.45, 7) is 1.58. The van der Waals surface area contributed by atoms with E-state index in [9.17, 15) is 5.11 Å². The van der Waals surface area contributed by atoms with Crippen molar-refractivity contribution in [2.75, 3.05) is 0 Å². The summed E-state index contributed by atoms with van der Waals surface area (Å²) >= 11 is 17.5. The zero-order valence-electron chi connectivity index (χ0n) is 7.47. The lowest BCUT2D eigenvalue weighted by atomic mass is 10.0. The van der Waals surface area contributed by atoms with Gasteiger partial charge in [0.1, 0.15) is 0 Å². The summed E-state index contributed by atoms with van der Waals surface area (Å²) in [5.74, 6) is 0. The van der Waals surface area contributed by atoms with Crippen LogP contribution in [0.15, 0.2) is 12.1 Å². The van der Waals surface area contributed by atoms with E-state index in [4.69, 9.17) is 40.5 Å². The van der Waals surface area contributed by atoms with E-state index in [0.717, 1.165) is 0 Å². The van der Waals surface area contributed by atoms with Crippen LogP contribution in [0.5, 0.6) is 0 Å². The predicted molar refractivity (Wildman–Crippen MR) is 60.1 cm³/mol. The molecule has 0 heterocycles. The van der Waals surface area contributed by atoms with Gasteiger partial charge in [-0.2, -0.15) is 0 Å². The quantitative estimate of drug-likeness (QED) is 0.797. The number of aliphatic hydroxyl groups is 1. The molecule has 0 radical (unpaired) electrons. The highest BCUT2D eigenvalue weighted by Gasteiger charge is 2.17. The minimum Gasteiger partial charge on any atom is -0.391 e. The van der Waals surface area contributed by atoms with Crippen molar-refractivity contribution >= 4 is 34.8 Å². The van der Waals surface area contributed by atoms with Crippen LogP contribution in [-0.4, -0.2) is 11.2 Å². The van der Waals surface area contributed by atoms with Gasteiger partial charge in [0, 0.05) is 5.02 Å². The molecule has 0 aromatic heterocycles. The van der Waals surface area contributed by atoms with Gasteiger partial charge in [-0.05, 0) is 24.6 Å². The fourth-order valence-electron chi connectivity index (χ4n) is 1.08. The second kappa shape index (κ2) is 4.69. The van der Waals surface area contributed by atoms with Crippen LogP contribution in [0.2, 0.25) is 15.1 Å². The number of hydrogen-bond donors (Lipinski definition) is 2. The van der Waals surface area contributed by atoms with Gasteiger partial charge in [0.25, 0.3) is 0 Å². The van der Waals surface area contributed by atoms with Gasteiger partial charge in [-0.1, -0.05) is 34.8 Å². The average molecular weight is 255 g/mol. The van der Waals surface area contributed by atoms with E-state index < -0.39 is 12.1 Å². The molecule has 0 fully saturated rings. The first kappa shape index (κ1) is 12.1. The number of benzene rings is 1. The third-order valence-electron chi connectivity index (χ3n) is 1.90. The minimum atomic E-state index is -0.706. The summed E-state index contributed by atoms with van der Waals surface area (Å²) in [6, 6.07) is 2.55. The summed E-state index contributed by atoms with van der Waals surface area (Å²) in [6.07, 6.45) is -0.706. The van der Waals surface area contributed by atoms with Crippen LogP contribution >= 0.6 is 34.8 Å². The largest absolute Gasteiger partial charge is 0.391 e. The molecule has 0 aliphatic rings. The van der Waals surface area contributed by atoms with Gasteiger partial charge >= 0.3 is 0 Å². The lowest BCUT2D eigenvalue weighted by Crippen LogP contribution is -2.23. The summed E-state index contributed by atoms with van der Waals surface area (Å²) in [4.78, 5) is 0. The maximum Gasteiger partial charge on any atom is 0.0705 e. The maximum absolute atomic E-state index is 9.31. The molecule has 0 bridgehead atoms. The Balaban J connectivity index is 3.20. The highest BCUT2D eigenvalue weighted by molar-refractivity contribution is 6.43. The summed E-state index contributed by atoms with van der Waals surface area (Å²) in [5, 5.41) is 10.4. The molecule has 14 heavy (non-hydrogen) atoms. The molecule has 1 aromatic rings. The molecular weight excluding hydrogens is 244 g/mol. The third-order valence-corrected chi connectivity index (χ3v) is 2.93. The third kappa shape index (κ3) is 2.53. The first-order valence-corrected chi connectivity index (χ1v) is 5.15. The highest BCUT2D eigenvalue weighted by atomic mass is 35.5. The van der Waals surface area contributed by atoms with Crippen LogP contribution in [0, 0.1) is 0 Å². The van der Waals surface area contributed by atoms with Crippen molar-refractivity contribution < 1.29 is 5.11 Å². The van der Waals surface area contributed by atoms with E-state index in [-0.39, 0.29) is 0 Å². The standard InChI is InChI=1S/C9H10Cl3NO/c1-4(14)9(13)6-2-5(10)3-7(11)8(6)12/h2-4,9,14H,13H2,1H3. The van der Waals surface area contributed by atoms with Crippen molar-refractivity contribution in [2.45, 2.75) is 19.1 Å². The Bertz CT molecular complexity index is 341. The average Bonchev–Trinajstić information content (AvgIpc) is 2.09. The van der Waals surface area contributed by atoms with Gasteiger partial charge < -0.3 is 10.8 Å². The molecule has 3 N–H and O–H groups in total. The summed E-state index contributed by atoms with van der Waals surface area (Å²) in [7, 11) is 0. The van der Waals surface area contributed by atoms with E-state index in [1.165, 1.54) is 6.07 Å². The zero-order valence-corrected chi connectivity index (χ0v) is 9.74. The van der Waals surface area contributed by atoms with Gasteiger partial charge in [0.2, 0.25) is 0 Å². The number of halogens is 3. The lowest BCUT2D eigenvalue weighted by Gasteiger charge is -2.17. The van der Waals surface area contributed by atoms with Crippen molar-refractivity contribution in [3.63, 3.8) is 0 Å². The SMILES string of the molecule is CC(O)C(N)c1cc(Cl)cc(Cl)c1Cl. The van der Waals surface area contributed by atoms with Gasteiger partial charge in [-0.15, -0.1) is 0 Å². The first-order chi connectivity index (χ1) is 6.43. The van der Waals surface area contributed by atoms with Gasteiger partial charge in [-0.25, -0.2) is 0 Å². The van der Waals surface area contributed by atoms with Crippen LogP contribution < -0.4 is 5.73 Å². The molecule has 78 valence electrons. The fraction of sp³-hybridized carbons (Fsp3) is 0.333. The molecular formula is C9H10Cl3NO. The molecule has 0 aliphatic heterocycles. The van der Waals surface area contributed by atoms with Crippen molar-refractivity contribution in [3.8, 4) is 0 Å². The fourth-order valence-corrected chi connectivity index (χ4v) is 1.82. The summed E-state index contributed by atoms with van der Waals surface area (Å²) < 4.78 is 0. The predicted octanol–water partition coefficient (Wildman–Crippen LogP) is 3.03. The normalized spacial score (nSPS) is 15.3. The minimum absolute atomic E-state index is 0.337. The van der Waals surface area contributed by atoms with Crippen molar-refractivity contribution in [3.05, 3.63) is 32.8 Å². The van der Waals surface area contributed by atoms with Gasteiger partial charge in [0.05, 0.1) is 22.2 Å². The Hall–Kier alpha value is 0.01000. The van der Waals surface area contributed by atoms with E-state index in [2.05, 4.69) is 0 Å². The van der Waals surface area contributed by atoms with Crippen LogP contribution in [-0.2, 0) is 0 Å². The van der Waals surface area contributed by atoms with E-state index in [1.807, 2.05) is 0 Å². The molecule has 2 nitrogen and oxygen atoms in total. The molecule has 1 aromatic carbocycles. The zero-order chi connectivity index (χ0) is 10.9. The molecule has 0 saturated carbocycles. The maximum atomic E-state index is 9.31. The Kier molecular flexibility index (Phi) is 4.04. The van der Waals surface area contributed by atoms with Crippen molar-refractivity contribution in [1.29, 1.82) is 0 Å². The van der Waals surface area contributed by atoms with Gasteiger partial charge in [0.15, 0.2) is 0 Å². The van der Waals surface area contributed by atoms with Crippen LogP contribution in [0.1, 0.15) is 18.5 Å². The van der Waals surface area contributed by atoms with Crippen molar-refractivity contribution in [2.24, 2.45) is 5.73 Å². The number of hydrogen-bond acceptors (Lipinski definition) is 2. The lowest BCUT2D eigenvalue weighted by molar-refractivity contribution is 0.164. The topological polar surface area (TPSA) is 46.2 Å². The second-order valence-corrected chi connectivity index (χ2v) is 4.28. The molecule has 2 atom stereocenters. The Morgan fingerprint density at radius 1 is 1.29 bits per heavy atom. The van der Waals surface area contributed by atoms with E-state index >= 15 is 0 Å². The summed E-state index contributed by atoms with van der Waals surface area (Å²) in [5.41, 5.74) is 6.28. The molecule has 0 spiro atoms. The molecule has 0 amide bonds. The number of aliphatic hydroxyl groups excluding tert-OH is 1. The Labute approximate surface area is 97.6 Å². The van der Waals surface area contributed by atoms with Crippen molar-refractivity contribution in [1.82, 2.24) is 0 Å². The van der Waals surface area contributed by atoms with Crippen LogP contribution in [0.25, 0.3) is 0 Å². The first-order valence-electron chi connectivity index (χ1n) is 4.01. The molecule has 5 heteroatoms. The van der Waals surface area contributed by atoms with Crippen LogP contribution in [0.4, 0.5) is 0 Å². The van der Waals surface area contributed by atoms with E-state index in [0.29, 0.717) is 20.6 Å². The smallest absolute Gasteiger partial charge is 0.0705 e. The second-order valence-electron chi connectivity index (χ2n) is 3.06. The molecule has 0 saturated heterocycles. The molecule has 2 unspecified atom stereocenters. The number of rotatable bonds is 2. The Morgan fingerprint density at radius 2 is 1.86 bits per heavy atom. The van der Waals surface area contributed by atoms with E-state index in [1.54, 1.807) is 13.0 Å². The molecule has 0 aliphatic carbocycles. The molecule has 1 rings (SSSR count).